The van der Waals surface area contributed by atoms with Crippen LogP contribution in [0.1, 0.15) is 47.1 Å². The van der Waals surface area contributed by atoms with Gasteiger partial charge in [0.15, 0.2) is 0 Å². The highest BCUT2D eigenvalue weighted by Gasteiger charge is 2.24. The second-order valence-electron chi connectivity index (χ2n) is 3.69. The highest BCUT2D eigenvalue weighted by Crippen LogP contribution is 2.38. The summed E-state index contributed by atoms with van der Waals surface area (Å²) in [4.78, 5) is 0. The van der Waals surface area contributed by atoms with E-state index < -0.39 is 0 Å². The molecule has 0 N–H and O–H groups in total. The van der Waals surface area contributed by atoms with Crippen molar-refractivity contribution in [2.24, 2.45) is 0 Å². The molecule has 2 heteroatoms. The molecule has 2 rings (SSSR count). The van der Waals surface area contributed by atoms with Crippen molar-refractivity contribution in [3.8, 4) is 5.75 Å². The minimum Gasteiger partial charge on any atom is -0.483 e. The van der Waals surface area contributed by atoms with Gasteiger partial charge in [0.25, 0.3) is 0 Å². The Labute approximate surface area is 114 Å². The lowest BCUT2D eigenvalue weighted by Crippen LogP contribution is -2.28. The van der Waals surface area contributed by atoms with Gasteiger partial charge in [0.1, 0.15) is 11.4 Å². The first kappa shape index (κ1) is 16.2. The van der Waals surface area contributed by atoms with E-state index in [4.69, 9.17) is 4.74 Å². The normalized spacial score (nSPS) is 14.9. The first-order valence-corrected chi connectivity index (χ1v) is 7.04. The fraction of sp³-hybridized carbons (Fsp3) is 0.467. The second-order valence-corrected chi connectivity index (χ2v) is 4.55. The number of ether oxygens (including phenoxy) is 1. The van der Waals surface area contributed by atoms with E-state index in [-0.39, 0.29) is 5.60 Å². The molecule has 0 fully saturated rings. The number of para-hydroxylation sites is 1. The van der Waals surface area contributed by atoms with Crippen LogP contribution in [-0.2, 0) is 0 Å². The van der Waals surface area contributed by atoms with E-state index in [1.54, 1.807) is 0 Å². The van der Waals surface area contributed by atoms with Crippen molar-refractivity contribution in [2.75, 3.05) is 0 Å². The monoisotopic (exact) mass is 298 g/mol. The lowest BCUT2D eigenvalue weighted by atomic mass is 10.0. The Balaban J connectivity index is 0.000000581. The first-order chi connectivity index (χ1) is 8.08. The first-order valence-electron chi connectivity index (χ1n) is 6.25. The molecule has 1 aromatic rings. The molecule has 0 aliphatic carbocycles. The molecule has 1 heterocycles. The quantitative estimate of drug-likeness (QED) is 0.602. The maximum atomic E-state index is 5.78. The summed E-state index contributed by atoms with van der Waals surface area (Å²) in [7, 11) is 0. The van der Waals surface area contributed by atoms with E-state index in [0.717, 1.165) is 15.8 Å². The van der Waals surface area contributed by atoms with E-state index in [1.165, 1.54) is 0 Å². The van der Waals surface area contributed by atoms with Crippen LogP contribution in [-0.4, -0.2) is 5.60 Å². The molecule has 0 amide bonds. The summed E-state index contributed by atoms with van der Waals surface area (Å²) in [5.41, 5.74) is 0.912. The number of hydrogen-bond donors (Lipinski definition) is 0. The van der Waals surface area contributed by atoms with Crippen LogP contribution in [0, 0.1) is 0 Å². The summed E-state index contributed by atoms with van der Waals surface area (Å²) >= 11 is 3.54. The maximum absolute atomic E-state index is 5.78. The summed E-state index contributed by atoms with van der Waals surface area (Å²) in [5, 5.41) is 0. The van der Waals surface area contributed by atoms with Crippen LogP contribution in [0.5, 0.6) is 5.75 Å². The van der Waals surface area contributed by atoms with E-state index in [2.05, 4.69) is 22.0 Å². The molecule has 0 saturated heterocycles. The fourth-order valence-corrected chi connectivity index (χ4v) is 2.33. The molecule has 0 unspecified atom stereocenters. The maximum Gasteiger partial charge on any atom is 0.128 e. The highest BCUT2D eigenvalue weighted by atomic mass is 79.9. The molecule has 1 aliphatic rings. The van der Waals surface area contributed by atoms with Crippen LogP contribution in [0.4, 0.5) is 0 Å². The smallest absolute Gasteiger partial charge is 0.128 e. The summed E-state index contributed by atoms with van der Waals surface area (Å²) in [6, 6.07) is 8.03. The van der Waals surface area contributed by atoms with Gasteiger partial charge in [-0.2, -0.15) is 0 Å². The zero-order chi connectivity index (χ0) is 13.5. The Morgan fingerprint density at radius 1 is 1.00 bits per heavy atom. The van der Waals surface area contributed by atoms with Gasteiger partial charge in [-0.05, 0) is 26.0 Å². The average molecular weight is 299 g/mol. The molecular weight excluding hydrogens is 276 g/mol. The number of fused-ring (bicyclic) bond motifs is 1. The SMILES string of the molecule is CC.CC.CC1(C)C=C(Br)c2ccccc2O1. The Morgan fingerprint density at radius 2 is 1.53 bits per heavy atom. The Morgan fingerprint density at radius 3 is 2.12 bits per heavy atom. The number of rotatable bonds is 0. The largest absolute Gasteiger partial charge is 0.483 e. The van der Waals surface area contributed by atoms with Crippen LogP contribution in [0.3, 0.4) is 0 Å². The van der Waals surface area contributed by atoms with Crippen molar-refractivity contribution in [2.45, 2.75) is 47.1 Å². The highest BCUT2D eigenvalue weighted by molar-refractivity contribution is 9.15. The molecule has 0 atom stereocenters. The van der Waals surface area contributed by atoms with Crippen molar-refractivity contribution >= 4 is 20.4 Å². The fourth-order valence-electron chi connectivity index (χ4n) is 1.45. The topological polar surface area (TPSA) is 9.23 Å². The molecule has 17 heavy (non-hydrogen) atoms. The molecule has 0 spiro atoms. The zero-order valence-electron chi connectivity index (χ0n) is 11.7. The van der Waals surface area contributed by atoms with E-state index in [1.807, 2.05) is 65.8 Å². The minimum absolute atomic E-state index is 0.215. The van der Waals surface area contributed by atoms with Crippen molar-refractivity contribution in [1.29, 1.82) is 0 Å². The van der Waals surface area contributed by atoms with Crippen LogP contribution < -0.4 is 4.74 Å². The third-order valence-electron chi connectivity index (χ3n) is 1.99. The lowest BCUT2D eigenvalue weighted by molar-refractivity contribution is 0.159. The Bertz CT molecular complexity index is 367. The van der Waals surface area contributed by atoms with Gasteiger partial charge in [0.2, 0.25) is 0 Å². The summed E-state index contributed by atoms with van der Waals surface area (Å²) in [5.74, 6) is 0.946. The molecule has 1 aromatic carbocycles. The van der Waals surface area contributed by atoms with Gasteiger partial charge in [-0.3, -0.25) is 0 Å². The predicted octanol–water partition coefficient (Wildman–Crippen LogP) is 5.65. The van der Waals surface area contributed by atoms with Gasteiger partial charge in [0.05, 0.1) is 0 Å². The summed E-state index contributed by atoms with van der Waals surface area (Å²) in [6.07, 6.45) is 2.08. The van der Waals surface area contributed by atoms with Gasteiger partial charge < -0.3 is 4.74 Å². The molecule has 0 saturated carbocycles. The van der Waals surface area contributed by atoms with Gasteiger partial charge in [-0.25, -0.2) is 0 Å². The molecular formula is C15H23BrO. The van der Waals surface area contributed by atoms with Crippen molar-refractivity contribution in [3.63, 3.8) is 0 Å². The molecule has 96 valence electrons. The number of benzene rings is 1. The van der Waals surface area contributed by atoms with E-state index in [9.17, 15) is 0 Å². The van der Waals surface area contributed by atoms with Crippen molar-refractivity contribution in [3.05, 3.63) is 35.9 Å². The van der Waals surface area contributed by atoms with Crippen molar-refractivity contribution < 1.29 is 4.74 Å². The van der Waals surface area contributed by atoms with E-state index in [0.29, 0.717) is 0 Å². The van der Waals surface area contributed by atoms with Crippen LogP contribution >= 0.6 is 15.9 Å². The molecule has 0 radical (unpaired) electrons. The summed E-state index contributed by atoms with van der Waals surface area (Å²) in [6.45, 7) is 12.1. The third-order valence-corrected chi connectivity index (χ3v) is 2.65. The second kappa shape index (κ2) is 7.54. The number of hydrogen-bond acceptors (Lipinski definition) is 1. The lowest BCUT2D eigenvalue weighted by Gasteiger charge is -2.29. The van der Waals surface area contributed by atoms with E-state index >= 15 is 0 Å². The van der Waals surface area contributed by atoms with Crippen LogP contribution in [0.25, 0.3) is 4.48 Å². The van der Waals surface area contributed by atoms with Gasteiger partial charge >= 0.3 is 0 Å². The van der Waals surface area contributed by atoms with Crippen LogP contribution in [0.2, 0.25) is 0 Å². The molecule has 1 nitrogen and oxygen atoms in total. The van der Waals surface area contributed by atoms with Gasteiger partial charge in [-0.15, -0.1) is 0 Å². The minimum atomic E-state index is -0.215. The third kappa shape index (κ3) is 4.55. The molecule has 1 aliphatic heterocycles. The van der Waals surface area contributed by atoms with Crippen molar-refractivity contribution in [1.82, 2.24) is 0 Å². The van der Waals surface area contributed by atoms with Gasteiger partial charge in [0, 0.05) is 10.0 Å². The van der Waals surface area contributed by atoms with Gasteiger partial charge in [-0.1, -0.05) is 61.8 Å². The average Bonchev–Trinajstić information content (AvgIpc) is 2.33. The summed E-state index contributed by atoms with van der Waals surface area (Å²) < 4.78 is 6.89. The Kier molecular flexibility index (Phi) is 7.21. The van der Waals surface area contributed by atoms with Crippen LogP contribution in [0.15, 0.2) is 30.3 Å². The standard InChI is InChI=1S/C11H11BrO.2C2H6/c1-11(2)7-9(12)8-5-3-4-6-10(8)13-11;2*1-2/h3-7H,1-2H3;2*1-2H3. The number of halogens is 1. The predicted molar refractivity (Wildman–Crippen MR) is 80.7 cm³/mol. The molecule has 0 bridgehead atoms. The Hall–Kier alpha value is -0.760. The molecule has 0 aromatic heterocycles. The zero-order valence-corrected chi connectivity index (χ0v) is 13.3.